The Hall–Kier alpha value is -1.86. The van der Waals surface area contributed by atoms with Crippen molar-refractivity contribution in [2.75, 3.05) is 20.8 Å². The molecular weight excluding hydrogens is 392 g/mol. The minimum atomic E-state index is -3.43. The van der Waals surface area contributed by atoms with Crippen molar-refractivity contribution in [3.63, 3.8) is 0 Å². The van der Waals surface area contributed by atoms with Crippen molar-refractivity contribution in [2.24, 2.45) is 0 Å². The molecule has 0 unspecified atom stereocenters. The van der Waals surface area contributed by atoms with Crippen LogP contribution >= 0.6 is 15.9 Å². The number of sulfonamides is 1. The SMILES string of the molecule is O=C(c1ccccc1)N1CCCc2ccc(NS(=O)(=O)CBr)cc21. The molecule has 0 saturated carbocycles. The molecule has 24 heavy (non-hydrogen) atoms. The lowest BCUT2D eigenvalue weighted by Gasteiger charge is -2.30. The maximum Gasteiger partial charge on any atom is 0.258 e. The third-order valence-electron chi connectivity index (χ3n) is 3.89. The zero-order chi connectivity index (χ0) is 17.2. The van der Waals surface area contributed by atoms with E-state index >= 15 is 0 Å². The van der Waals surface area contributed by atoms with E-state index in [4.69, 9.17) is 0 Å². The molecule has 3 rings (SSSR count). The van der Waals surface area contributed by atoms with Crippen molar-refractivity contribution >= 4 is 43.2 Å². The number of fused-ring (bicyclic) bond motifs is 1. The molecule has 0 saturated heterocycles. The number of carbonyl (C=O) groups is 1. The summed E-state index contributed by atoms with van der Waals surface area (Å²) in [6.45, 7) is 0.620. The topological polar surface area (TPSA) is 66.5 Å². The van der Waals surface area contributed by atoms with Crippen LogP contribution in [-0.2, 0) is 16.4 Å². The van der Waals surface area contributed by atoms with Gasteiger partial charge in [-0.2, -0.15) is 0 Å². The number of nitrogens with one attached hydrogen (secondary N) is 1. The number of halogens is 1. The minimum Gasteiger partial charge on any atom is -0.308 e. The average molecular weight is 409 g/mol. The number of carbonyl (C=O) groups excluding carboxylic acids is 1. The third-order valence-corrected chi connectivity index (χ3v) is 6.53. The summed E-state index contributed by atoms with van der Waals surface area (Å²) in [5.41, 5.74) is 2.90. The molecule has 0 fully saturated rings. The van der Waals surface area contributed by atoms with E-state index in [0.29, 0.717) is 17.8 Å². The van der Waals surface area contributed by atoms with Gasteiger partial charge in [0.05, 0.1) is 5.69 Å². The fourth-order valence-electron chi connectivity index (χ4n) is 2.79. The summed E-state index contributed by atoms with van der Waals surface area (Å²) in [4.78, 5) is 14.5. The first-order valence-electron chi connectivity index (χ1n) is 7.56. The van der Waals surface area contributed by atoms with Crippen molar-refractivity contribution in [1.29, 1.82) is 0 Å². The predicted octanol–water partition coefficient (Wildman–Crippen LogP) is 3.37. The van der Waals surface area contributed by atoms with Crippen molar-refractivity contribution < 1.29 is 13.2 Å². The molecule has 1 N–H and O–H groups in total. The number of aryl methyl sites for hydroxylation is 1. The highest BCUT2D eigenvalue weighted by atomic mass is 79.9. The molecule has 5 nitrogen and oxygen atoms in total. The van der Waals surface area contributed by atoms with Crippen molar-refractivity contribution in [3.05, 3.63) is 59.7 Å². The van der Waals surface area contributed by atoms with E-state index in [-0.39, 0.29) is 10.6 Å². The summed E-state index contributed by atoms with van der Waals surface area (Å²) in [5.74, 6) is -0.0722. The smallest absolute Gasteiger partial charge is 0.258 e. The van der Waals surface area contributed by atoms with E-state index in [1.54, 1.807) is 29.2 Å². The van der Waals surface area contributed by atoms with Crippen LogP contribution in [0.4, 0.5) is 11.4 Å². The summed E-state index contributed by atoms with van der Waals surface area (Å²) in [6, 6.07) is 14.4. The van der Waals surface area contributed by atoms with Gasteiger partial charge in [-0.1, -0.05) is 40.2 Å². The lowest BCUT2D eigenvalue weighted by molar-refractivity contribution is 0.0985. The number of hydrogen-bond donors (Lipinski definition) is 1. The second kappa shape index (κ2) is 6.94. The second-order valence-electron chi connectivity index (χ2n) is 5.60. The maximum atomic E-state index is 12.8. The second-order valence-corrected chi connectivity index (χ2v) is 8.62. The summed E-state index contributed by atoms with van der Waals surface area (Å²) in [6.07, 6.45) is 1.76. The Balaban J connectivity index is 1.95. The van der Waals surface area contributed by atoms with Crippen LogP contribution in [0.1, 0.15) is 22.3 Å². The van der Waals surface area contributed by atoms with Gasteiger partial charge in [-0.25, -0.2) is 8.42 Å². The van der Waals surface area contributed by atoms with Crippen LogP contribution in [0.2, 0.25) is 0 Å². The summed E-state index contributed by atoms with van der Waals surface area (Å²) < 4.78 is 25.8. The molecule has 0 radical (unpaired) electrons. The third kappa shape index (κ3) is 3.62. The van der Waals surface area contributed by atoms with Gasteiger partial charge < -0.3 is 4.90 Å². The highest BCUT2D eigenvalue weighted by molar-refractivity contribution is 9.10. The maximum absolute atomic E-state index is 12.8. The first-order chi connectivity index (χ1) is 11.5. The van der Waals surface area contributed by atoms with Gasteiger partial charge in [0.25, 0.3) is 5.91 Å². The highest BCUT2D eigenvalue weighted by Gasteiger charge is 2.24. The predicted molar refractivity (Wildman–Crippen MR) is 99.2 cm³/mol. The van der Waals surface area contributed by atoms with Gasteiger partial charge in [0.15, 0.2) is 0 Å². The Morgan fingerprint density at radius 2 is 1.92 bits per heavy atom. The number of hydrogen-bond acceptors (Lipinski definition) is 3. The fourth-order valence-corrected chi connectivity index (χ4v) is 3.68. The Morgan fingerprint density at radius 1 is 1.17 bits per heavy atom. The van der Waals surface area contributed by atoms with Crippen molar-refractivity contribution in [3.8, 4) is 0 Å². The van der Waals surface area contributed by atoms with Crippen LogP contribution in [0.15, 0.2) is 48.5 Å². The minimum absolute atomic E-state index is 0.0722. The van der Waals surface area contributed by atoms with Crippen LogP contribution in [0.5, 0.6) is 0 Å². The zero-order valence-electron chi connectivity index (χ0n) is 12.9. The van der Waals surface area contributed by atoms with E-state index in [1.165, 1.54) is 0 Å². The van der Waals surface area contributed by atoms with Gasteiger partial charge in [-0.15, -0.1) is 0 Å². The molecule has 0 spiro atoms. The molecule has 7 heteroatoms. The number of alkyl halides is 1. The first-order valence-corrected chi connectivity index (χ1v) is 10.3. The van der Waals surface area contributed by atoms with Gasteiger partial charge in [-0.3, -0.25) is 9.52 Å². The number of nitrogens with zero attached hydrogens (tertiary/aromatic N) is 1. The average Bonchev–Trinajstić information content (AvgIpc) is 2.61. The van der Waals surface area contributed by atoms with E-state index in [1.807, 2.05) is 24.3 Å². The van der Waals surface area contributed by atoms with Crippen LogP contribution in [-0.4, -0.2) is 25.5 Å². The van der Waals surface area contributed by atoms with E-state index < -0.39 is 10.0 Å². The van der Waals surface area contributed by atoms with Gasteiger partial charge >= 0.3 is 0 Å². The van der Waals surface area contributed by atoms with Crippen LogP contribution < -0.4 is 9.62 Å². The van der Waals surface area contributed by atoms with Gasteiger partial charge in [0.1, 0.15) is 4.66 Å². The Morgan fingerprint density at radius 3 is 2.62 bits per heavy atom. The molecule has 2 aromatic rings. The largest absolute Gasteiger partial charge is 0.308 e. The molecule has 0 bridgehead atoms. The first kappa shape index (κ1) is 17.0. The summed E-state index contributed by atoms with van der Waals surface area (Å²) >= 11 is 2.95. The normalized spacial score (nSPS) is 14.1. The van der Waals surface area contributed by atoms with Crippen LogP contribution in [0.25, 0.3) is 0 Å². The quantitative estimate of drug-likeness (QED) is 0.788. The molecule has 126 valence electrons. The van der Waals surface area contributed by atoms with Gasteiger partial charge in [-0.05, 0) is 42.7 Å². The van der Waals surface area contributed by atoms with E-state index in [9.17, 15) is 13.2 Å². The molecule has 2 aromatic carbocycles. The molecule has 1 heterocycles. The van der Waals surface area contributed by atoms with Crippen molar-refractivity contribution in [2.45, 2.75) is 12.8 Å². The fraction of sp³-hybridized carbons (Fsp3) is 0.235. The van der Waals surface area contributed by atoms with E-state index in [2.05, 4.69) is 20.7 Å². The zero-order valence-corrected chi connectivity index (χ0v) is 15.3. The molecule has 0 aliphatic carbocycles. The lowest BCUT2D eigenvalue weighted by atomic mass is 10.00. The monoisotopic (exact) mass is 408 g/mol. The Bertz CT molecular complexity index is 853. The Kier molecular flexibility index (Phi) is 4.91. The van der Waals surface area contributed by atoms with Crippen molar-refractivity contribution in [1.82, 2.24) is 0 Å². The Labute approximate surface area is 149 Å². The number of amides is 1. The lowest BCUT2D eigenvalue weighted by Crippen LogP contribution is -2.35. The number of rotatable bonds is 4. The summed E-state index contributed by atoms with van der Waals surface area (Å²) in [7, 11) is -3.43. The molecule has 1 amide bonds. The summed E-state index contributed by atoms with van der Waals surface area (Å²) in [5, 5.41) is 0. The van der Waals surface area contributed by atoms with Gasteiger partial charge in [0, 0.05) is 17.8 Å². The molecule has 1 aliphatic rings. The number of anilines is 2. The van der Waals surface area contributed by atoms with Crippen LogP contribution in [0.3, 0.4) is 0 Å². The molecular formula is C17H17BrN2O3S. The molecule has 1 aliphatic heterocycles. The molecule has 0 atom stereocenters. The molecule has 0 aromatic heterocycles. The highest BCUT2D eigenvalue weighted by Crippen LogP contribution is 2.31. The van der Waals surface area contributed by atoms with Crippen LogP contribution in [0, 0.1) is 0 Å². The standard InChI is InChI=1S/C17H17BrN2O3S/c18-12-24(22,23)19-15-9-8-13-7-4-10-20(16(13)11-15)17(21)14-5-2-1-3-6-14/h1-3,5-6,8-9,11,19H,4,7,10,12H2. The van der Waals surface area contributed by atoms with Gasteiger partial charge in [0.2, 0.25) is 10.0 Å². The number of benzene rings is 2. The van der Waals surface area contributed by atoms with E-state index in [0.717, 1.165) is 24.1 Å².